The number of rotatable bonds is 6. The SMILES string of the molecule is C=CCOC1[C@H]2OC(C)(C)O[C@H]2C(OCC=C)[C@@H]2OC(C)(C)O[C@@H]12. The minimum atomic E-state index is -0.713. The van der Waals surface area contributed by atoms with Gasteiger partial charge in [0.2, 0.25) is 0 Å². The molecule has 2 aliphatic heterocycles. The first-order valence-electron chi connectivity index (χ1n) is 8.44. The first-order chi connectivity index (χ1) is 11.3. The van der Waals surface area contributed by atoms with Gasteiger partial charge in [0.05, 0.1) is 13.2 Å². The van der Waals surface area contributed by atoms with Crippen molar-refractivity contribution in [1.82, 2.24) is 0 Å². The molecule has 0 aromatic carbocycles. The first kappa shape index (κ1) is 18.0. The second kappa shape index (κ2) is 6.52. The normalized spacial score (nSPS) is 42.3. The van der Waals surface area contributed by atoms with E-state index in [1.54, 1.807) is 12.2 Å². The maximum absolute atomic E-state index is 6.13. The van der Waals surface area contributed by atoms with Crippen molar-refractivity contribution in [3.8, 4) is 0 Å². The van der Waals surface area contributed by atoms with Gasteiger partial charge in [-0.2, -0.15) is 0 Å². The molecule has 3 aliphatic rings. The van der Waals surface area contributed by atoms with Crippen LogP contribution in [0.25, 0.3) is 0 Å². The summed E-state index contributed by atoms with van der Waals surface area (Å²) in [4.78, 5) is 0. The Morgan fingerprint density at radius 1 is 0.708 bits per heavy atom. The number of fused-ring (bicyclic) bond motifs is 2. The van der Waals surface area contributed by atoms with Gasteiger partial charge in [-0.05, 0) is 27.7 Å². The van der Waals surface area contributed by atoms with E-state index in [2.05, 4.69) is 13.2 Å². The van der Waals surface area contributed by atoms with Crippen LogP contribution in [0.3, 0.4) is 0 Å². The van der Waals surface area contributed by atoms with Crippen molar-refractivity contribution in [2.45, 2.75) is 75.9 Å². The average Bonchev–Trinajstić information content (AvgIpc) is 2.97. The highest BCUT2D eigenvalue weighted by Crippen LogP contribution is 2.46. The van der Waals surface area contributed by atoms with Crippen LogP contribution in [0.2, 0.25) is 0 Å². The molecular weight excluding hydrogens is 312 g/mol. The molecule has 3 fully saturated rings. The lowest BCUT2D eigenvalue weighted by atomic mass is 9.84. The van der Waals surface area contributed by atoms with Crippen LogP contribution in [-0.2, 0) is 28.4 Å². The largest absolute Gasteiger partial charge is 0.369 e. The van der Waals surface area contributed by atoms with Crippen LogP contribution in [0.4, 0.5) is 0 Å². The maximum atomic E-state index is 6.13. The van der Waals surface area contributed by atoms with Gasteiger partial charge in [0, 0.05) is 0 Å². The van der Waals surface area contributed by atoms with Gasteiger partial charge in [-0.25, -0.2) is 0 Å². The molecule has 136 valence electrons. The van der Waals surface area contributed by atoms with E-state index >= 15 is 0 Å². The van der Waals surface area contributed by atoms with E-state index in [0.29, 0.717) is 13.2 Å². The number of hydrogen-bond donors (Lipinski definition) is 0. The summed E-state index contributed by atoms with van der Waals surface area (Å²) in [5.41, 5.74) is 0. The Bertz CT molecular complexity index is 416. The van der Waals surface area contributed by atoms with Gasteiger partial charge in [0.15, 0.2) is 11.6 Å². The highest BCUT2D eigenvalue weighted by molar-refractivity contribution is 5.09. The van der Waals surface area contributed by atoms with Gasteiger partial charge >= 0.3 is 0 Å². The summed E-state index contributed by atoms with van der Waals surface area (Å²) in [5.74, 6) is -1.43. The molecule has 6 heteroatoms. The monoisotopic (exact) mass is 340 g/mol. The van der Waals surface area contributed by atoms with Crippen LogP contribution in [-0.4, -0.2) is 61.4 Å². The number of hydrogen-bond acceptors (Lipinski definition) is 6. The third-order valence-corrected chi connectivity index (χ3v) is 4.44. The molecule has 0 aromatic rings. The second-order valence-corrected chi connectivity index (χ2v) is 7.30. The predicted octanol–water partition coefficient (Wildman–Crippen LogP) is 2.18. The molecule has 3 rings (SSSR count). The molecule has 0 aromatic heterocycles. The summed E-state index contributed by atoms with van der Waals surface area (Å²) in [6.07, 6.45) is 1.61. The Morgan fingerprint density at radius 2 is 1.00 bits per heavy atom. The van der Waals surface area contributed by atoms with Crippen molar-refractivity contribution in [3.63, 3.8) is 0 Å². The highest BCUT2D eigenvalue weighted by atomic mass is 16.8. The van der Waals surface area contributed by atoms with E-state index in [1.807, 2.05) is 27.7 Å². The zero-order valence-corrected chi connectivity index (χ0v) is 14.9. The van der Waals surface area contributed by atoms with Crippen molar-refractivity contribution in [2.24, 2.45) is 0 Å². The molecular formula is C18H28O6. The third kappa shape index (κ3) is 3.31. The lowest BCUT2D eigenvalue weighted by molar-refractivity contribution is -0.187. The highest BCUT2D eigenvalue weighted by Gasteiger charge is 2.64. The van der Waals surface area contributed by atoms with Gasteiger partial charge in [-0.1, -0.05) is 12.2 Å². The van der Waals surface area contributed by atoms with Crippen LogP contribution in [0.15, 0.2) is 25.3 Å². The van der Waals surface area contributed by atoms with Gasteiger partial charge < -0.3 is 28.4 Å². The molecule has 2 heterocycles. The van der Waals surface area contributed by atoms with Crippen molar-refractivity contribution in [1.29, 1.82) is 0 Å². The van der Waals surface area contributed by atoms with Crippen LogP contribution in [0.1, 0.15) is 27.7 Å². The van der Waals surface area contributed by atoms with Gasteiger partial charge in [-0.3, -0.25) is 0 Å². The number of ether oxygens (including phenoxy) is 6. The van der Waals surface area contributed by atoms with Crippen LogP contribution >= 0.6 is 0 Å². The van der Waals surface area contributed by atoms with Gasteiger partial charge in [-0.15, -0.1) is 13.2 Å². The van der Waals surface area contributed by atoms with E-state index < -0.39 is 11.6 Å². The predicted molar refractivity (Wildman–Crippen MR) is 87.5 cm³/mol. The summed E-state index contributed by atoms with van der Waals surface area (Å²) >= 11 is 0. The topological polar surface area (TPSA) is 55.4 Å². The standard InChI is InChI=1S/C18H28O6/c1-7-9-19-11-13-15(23-17(3,4)21-13)12(20-10-8-2)16-14(11)22-18(5,6)24-16/h7-8,11-16H,1-2,9-10H2,3-6H3/t11?,12?,13-,14-,15-,16+/m0/s1. The summed E-state index contributed by atoms with van der Waals surface area (Å²) in [6, 6.07) is 0. The van der Waals surface area contributed by atoms with Crippen molar-refractivity contribution in [3.05, 3.63) is 25.3 Å². The van der Waals surface area contributed by atoms with E-state index in [-0.39, 0.29) is 36.6 Å². The Balaban J connectivity index is 1.91. The molecule has 0 bridgehead atoms. The lowest BCUT2D eigenvalue weighted by Crippen LogP contribution is -2.63. The molecule has 1 saturated carbocycles. The fraction of sp³-hybridized carbons (Fsp3) is 0.778. The summed E-state index contributed by atoms with van der Waals surface area (Å²) in [6.45, 7) is 15.8. The van der Waals surface area contributed by atoms with Gasteiger partial charge in [0.25, 0.3) is 0 Å². The van der Waals surface area contributed by atoms with Crippen LogP contribution in [0.5, 0.6) is 0 Å². The molecule has 6 nitrogen and oxygen atoms in total. The summed E-state index contributed by atoms with van der Waals surface area (Å²) in [7, 11) is 0. The summed E-state index contributed by atoms with van der Waals surface area (Å²) < 4.78 is 36.5. The first-order valence-corrected chi connectivity index (χ1v) is 8.44. The Kier molecular flexibility index (Phi) is 4.90. The van der Waals surface area contributed by atoms with E-state index in [1.165, 1.54) is 0 Å². The minimum Gasteiger partial charge on any atom is -0.369 e. The van der Waals surface area contributed by atoms with E-state index in [9.17, 15) is 0 Å². The average molecular weight is 340 g/mol. The smallest absolute Gasteiger partial charge is 0.164 e. The minimum absolute atomic E-state index is 0.298. The molecule has 0 N–H and O–H groups in total. The Morgan fingerprint density at radius 3 is 1.25 bits per heavy atom. The zero-order valence-electron chi connectivity index (χ0n) is 14.9. The summed E-state index contributed by atoms with van der Waals surface area (Å²) in [5, 5.41) is 0. The van der Waals surface area contributed by atoms with Crippen LogP contribution in [0, 0.1) is 0 Å². The maximum Gasteiger partial charge on any atom is 0.164 e. The molecule has 0 spiro atoms. The molecule has 0 radical (unpaired) electrons. The molecule has 24 heavy (non-hydrogen) atoms. The van der Waals surface area contributed by atoms with Crippen molar-refractivity contribution >= 4 is 0 Å². The Hall–Kier alpha value is -0.760. The lowest BCUT2D eigenvalue weighted by Gasteiger charge is -2.42. The fourth-order valence-corrected chi connectivity index (χ4v) is 3.76. The fourth-order valence-electron chi connectivity index (χ4n) is 3.76. The second-order valence-electron chi connectivity index (χ2n) is 7.30. The Labute approximate surface area is 143 Å². The quantitative estimate of drug-likeness (QED) is 0.691. The molecule has 6 atom stereocenters. The third-order valence-electron chi connectivity index (χ3n) is 4.44. The van der Waals surface area contributed by atoms with E-state index in [4.69, 9.17) is 28.4 Å². The zero-order chi connectivity index (χ0) is 17.5. The van der Waals surface area contributed by atoms with Gasteiger partial charge in [0.1, 0.15) is 36.6 Å². The van der Waals surface area contributed by atoms with E-state index in [0.717, 1.165) is 0 Å². The van der Waals surface area contributed by atoms with Crippen molar-refractivity contribution in [2.75, 3.05) is 13.2 Å². The molecule has 1 aliphatic carbocycles. The molecule has 2 saturated heterocycles. The molecule has 2 unspecified atom stereocenters. The molecule has 0 amide bonds. The van der Waals surface area contributed by atoms with Crippen LogP contribution < -0.4 is 0 Å². The van der Waals surface area contributed by atoms with Crippen molar-refractivity contribution < 1.29 is 28.4 Å².